The maximum atomic E-state index is 12.7. The average Bonchev–Trinajstić information content (AvgIpc) is 1.99. The highest BCUT2D eigenvalue weighted by molar-refractivity contribution is 5.71. The minimum atomic E-state index is -6.42. The van der Waals surface area contributed by atoms with E-state index >= 15 is 0 Å². The third-order valence-corrected chi connectivity index (χ3v) is 1.42. The fourth-order valence-electron chi connectivity index (χ4n) is 0.588. The number of carboxylic acid groups (broad SMARTS) is 1. The molecule has 0 radical (unpaired) electrons. The molecule has 0 saturated heterocycles. The van der Waals surface area contributed by atoms with Crippen LogP contribution in [0.15, 0.2) is 0 Å². The summed E-state index contributed by atoms with van der Waals surface area (Å²) in [5.74, 6) is -8.16. The number of hydrogen-bond donors (Lipinski definition) is 1. The van der Waals surface area contributed by atoms with Gasteiger partial charge in [-0.25, -0.2) is 4.79 Å². The van der Waals surface area contributed by atoms with Gasteiger partial charge in [0.05, 0.1) is 0 Å². The van der Waals surface area contributed by atoms with Crippen LogP contribution in [0.4, 0.5) is 30.7 Å². The van der Waals surface area contributed by atoms with E-state index in [1.165, 1.54) is 0 Å². The standard InChI is InChI=1S/C6H5F7O3/c1-2(3(14)15)16-4(7,5(8,9)10)6(11,12)13/h2H,1H3,(H,14,15). The number of alkyl halides is 7. The first kappa shape index (κ1) is 14.9. The Morgan fingerprint density at radius 2 is 1.38 bits per heavy atom. The van der Waals surface area contributed by atoms with Crippen LogP contribution in [0.2, 0.25) is 0 Å². The number of carbonyl (C=O) groups is 1. The molecule has 0 bridgehead atoms. The van der Waals surface area contributed by atoms with Gasteiger partial charge in [0.15, 0.2) is 6.10 Å². The van der Waals surface area contributed by atoms with Gasteiger partial charge in [-0.3, -0.25) is 0 Å². The lowest BCUT2D eigenvalue weighted by atomic mass is 10.2. The lowest BCUT2D eigenvalue weighted by molar-refractivity contribution is -0.435. The molecule has 0 aliphatic rings. The van der Waals surface area contributed by atoms with Crippen LogP contribution in [0, 0.1) is 0 Å². The van der Waals surface area contributed by atoms with Gasteiger partial charge < -0.3 is 9.84 Å². The Kier molecular flexibility index (Phi) is 3.80. The SMILES string of the molecule is CC(OC(F)(C(F)(F)F)C(F)(F)F)C(=O)O. The molecule has 0 aliphatic carbocycles. The normalized spacial score (nSPS) is 16.0. The molecular weight excluding hydrogens is 253 g/mol. The van der Waals surface area contributed by atoms with Crippen molar-refractivity contribution in [3.63, 3.8) is 0 Å². The van der Waals surface area contributed by atoms with E-state index < -0.39 is 30.3 Å². The first-order chi connectivity index (χ1) is 6.83. The number of halogens is 7. The van der Waals surface area contributed by atoms with Crippen molar-refractivity contribution in [2.45, 2.75) is 31.2 Å². The minimum Gasteiger partial charge on any atom is -0.479 e. The highest BCUT2D eigenvalue weighted by Crippen LogP contribution is 2.47. The summed E-state index contributed by atoms with van der Waals surface area (Å²) in [6, 6.07) is 0. The van der Waals surface area contributed by atoms with Crippen LogP contribution in [-0.2, 0) is 9.53 Å². The van der Waals surface area contributed by atoms with E-state index in [9.17, 15) is 35.5 Å². The van der Waals surface area contributed by atoms with Crippen LogP contribution < -0.4 is 0 Å². The second kappa shape index (κ2) is 4.07. The Hall–Kier alpha value is -1.06. The molecule has 0 amide bonds. The zero-order valence-corrected chi connectivity index (χ0v) is 7.49. The van der Waals surface area contributed by atoms with E-state index in [-0.39, 0.29) is 0 Å². The predicted molar refractivity (Wildman–Crippen MR) is 34.1 cm³/mol. The lowest BCUT2D eigenvalue weighted by Crippen LogP contribution is -2.57. The van der Waals surface area contributed by atoms with Gasteiger partial charge in [0, 0.05) is 0 Å². The van der Waals surface area contributed by atoms with Gasteiger partial charge in [-0.05, 0) is 6.92 Å². The maximum absolute atomic E-state index is 12.7. The van der Waals surface area contributed by atoms with Crippen LogP contribution in [-0.4, -0.2) is 35.4 Å². The van der Waals surface area contributed by atoms with Gasteiger partial charge in [-0.15, -0.1) is 0 Å². The van der Waals surface area contributed by atoms with Crippen molar-refractivity contribution in [1.82, 2.24) is 0 Å². The molecule has 0 fully saturated rings. The van der Waals surface area contributed by atoms with Crippen LogP contribution in [0.25, 0.3) is 0 Å². The molecule has 96 valence electrons. The van der Waals surface area contributed by atoms with E-state index in [0.29, 0.717) is 6.92 Å². The van der Waals surface area contributed by atoms with Crippen molar-refractivity contribution in [2.75, 3.05) is 0 Å². The Morgan fingerprint density at radius 1 is 1.06 bits per heavy atom. The summed E-state index contributed by atoms with van der Waals surface area (Å²) < 4.78 is 86.5. The predicted octanol–water partition coefficient (Wildman–Crippen LogP) is 2.27. The highest BCUT2D eigenvalue weighted by atomic mass is 19.4. The number of carboxylic acids is 1. The Balaban J connectivity index is 5.21. The first-order valence-corrected chi connectivity index (χ1v) is 3.56. The number of ether oxygens (including phenoxy) is 1. The van der Waals surface area contributed by atoms with Crippen LogP contribution in [0.3, 0.4) is 0 Å². The summed E-state index contributed by atoms with van der Waals surface area (Å²) in [6.07, 6.45) is -15.4. The molecule has 0 saturated carbocycles. The molecule has 10 heteroatoms. The van der Waals surface area contributed by atoms with Crippen molar-refractivity contribution in [3.05, 3.63) is 0 Å². The molecule has 0 rings (SSSR count). The smallest absolute Gasteiger partial charge is 0.458 e. The van der Waals surface area contributed by atoms with E-state index in [1.807, 2.05) is 0 Å². The largest absolute Gasteiger partial charge is 0.479 e. The van der Waals surface area contributed by atoms with Gasteiger partial charge in [0.1, 0.15) is 0 Å². The van der Waals surface area contributed by atoms with E-state index in [0.717, 1.165) is 0 Å². The topological polar surface area (TPSA) is 46.5 Å². The zero-order valence-electron chi connectivity index (χ0n) is 7.49. The fourth-order valence-corrected chi connectivity index (χ4v) is 0.588. The van der Waals surface area contributed by atoms with E-state index in [2.05, 4.69) is 4.74 Å². The second-order valence-corrected chi connectivity index (χ2v) is 2.69. The van der Waals surface area contributed by atoms with Crippen molar-refractivity contribution < 1.29 is 45.4 Å². The molecule has 0 aliphatic heterocycles. The molecule has 0 aromatic rings. The van der Waals surface area contributed by atoms with Gasteiger partial charge >= 0.3 is 24.2 Å². The third-order valence-electron chi connectivity index (χ3n) is 1.42. The molecule has 1 N–H and O–H groups in total. The molecule has 1 unspecified atom stereocenters. The van der Waals surface area contributed by atoms with Crippen LogP contribution in [0.5, 0.6) is 0 Å². The molecule has 0 heterocycles. The molecule has 0 aromatic heterocycles. The summed E-state index contributed by atoms with van der Waals surface area (Å²) >= 11 is 0. The second-order valence-electron chi connectivity index (χ2n) is 2.69. The summed E-state index contributed by atoms with van der Waals surface area (Å²) in [4.78, 5) is 10.0. The summed E-state index contributed by atoms with van der Waals surface area (Å²) in [5.41, 5.74) is 0. The van der Waals surface area contributed by atoms with Crippen LogP contribution >= 0.6 is 0 Å². The monoisotopic (exact) mass is 258 g/mol. The lowest BCUT2D eigenvalue weighted by Gasteiger charge is -2.30. The first-order valence-electron chi connectivity index (χ1n) is 3.56. The molecule has 16 heavy (non-hydrogen) atoms. The zero-order chi connectivity index (χ0) is 13.4. The Labute approximate surface area is 83.8 Å². The molecule has 3 nitrogen and oxygen atoms in total. The van der Waals surface area contributed by atoms with Gasteiger partial charge in [0.2, 0.25) is 0 Å². The molecule has 0 spiro atoms. The van der Waals surface area contributed by atoms with Gasteiger partial charge in [-0.1, -0.05) is 0 Å². The minimum absolute atomic E-state index is 0.341. The fraction of sp³-hybridized carbons (Fsp3) is 0.833. The van der Waals surface area contributed by atoms with E-state index in [4.69, 9.17) is 5.11 Å². The van der Waals surface area contributed by atoms with Gasteiger partial charge in [-0.2, -0.15) is 30.7 Å². The van der Waals surface area contributed by atoms with E-state index in [1.54, 1.807) is 0 Å². The summed E-state index contributed by atoms with van der Waals surface area (Å²) in [5, 5.41) is 8.05. The van der Waals surface area contributed by atoms with Gasteiger partial charge in [0.25, 0.3) is 0 Å². The molecule has 0 aromatic carbocycles. The number of hydrogen-bond acceptors (Lipinski definition) is 2. The van der Waals surface area contributed by atoms with Crippen molar-refractivity contribution in [2.24, 2.45) is 0 Å². The molecule has 1 atom stereocenters. The third kappa shape index (κ3) is 2.74. The van der Waals surface area contributed by atoms with Crippen molar-refractivity contribution in [1.29, 1.82) is 0 Å². The van der Waals surface area contributed by atoms with Crippen molar-refractivity contribution >= 4 is 5.97 Å². The Morgan fingerprint density at radius 3 is 1.56 bits per heavy atom. The summed E-state index contributed by atoms with van der Waals surface area (Å²) in [6.45, 7) is 0.341. The Bertz CT molecular complexity index is 254. The quantitative estimate of drug-likeness (QED) is 0.790. The highest BCUT2D eigenvalue weighted by Gasteiger charge is 2.75. The maximum Gasteiger partial charge on any atom is 0.458 e. The van der Waals surface area contributed by atoms with Crippen LogP contribution in [0.1, 0.15) is 6.92 Å². The van der Waals surface area contributed by atoms with Crippen molar-refractivity contribution in [3.8, 4) is 0 Å². The summed E-state index contributed by atoms with van der Waals surface area (Å²) in [7, 11) is 0. The number of rotatable bonds is 3. The average molecular weight is 258 g/mol. The molecular formula is C6H5F7O3. The number of aliphatic carboxylic acids is 1.